The monoisotopic (exact) mass is 330 g/mol. The summed E-state index contributed by atoms with van der Waals surface area (Å²) in [7, 11) is 0. The van der Waals surface area contributed by atoms with E-state index in [2.05, 4.69) is 22.1 Å². The van der Waals surface area contributed by atoms with Crippen LogP contribution in [0.2, 0.25) is 0 Å². The fourth-order valence-corrected chi connectivity index (χ4v) is 4.78. The van der Waals surface area contributed by atoms with Crippen molar-refractivity contribution < 1.29 is 4.79 Å². The Morgan fingerprint density at radius 2 is 1.96 bits per heavy atom. The van der Waals surface area contributed by atoms with Crippen LogP contribution in [0.3, 0.4) is 0 Å². The number of amides is 1. The maximum atomic E-state index is 13.1. The van der Waals surface area contributed by atoms with Crippen molar-refractivity contribution in [3.05, 3.63) is 29.8 Å². The predicted molar refractivity (Wildman–Crippen MR) is 94.9 cm³/mol. The third-order valence-electron chi connectivity index (χ3n) is 5.64. The number of nitrogens with zero attached hydrogens (tertiary/aromatic N) is 2. The molecule has 2 atom stereocenters. The van der Waals surface area contributed by atoms with Gasteiger partial charge in [0.05, 0.1) is 5.56 Å². The summed E-state index contributed by atoms with van der Waals surface area (Å²) in [5, 5.41) is 0. The number of hydrogen-bond acceptors (Lipinski definition) is 3. The molecular weight excluding hydrogens is 304 g/mol. The zero-order valence-corrected chi connectivity index (χ0v) is 14.7. The van der Waals surface area contributed by atoms with E-state index in [0.717, 1.165) is 29.5 Å². The van der Waals surface area contributed by atoms with E-state index in [4.69, 9.17) is 0 Å². The van der Waals surface area contributed by atoms with Crippen molar-refractivity contribution in [2.45, 2.75) is 36.6 Å². The lowest BCUT2D eigenvalue weighted by Crippen LogP contribution is -2.45. The molecule has 3 heterocycles. The average molecular weight is 330 g/mol. The molecule has 5 rings (SSSR count). The van der Waals surface area contributed by atoms with Crippen molar-refractivity contribution in [1.82, 2.24) is 9.80 Å². The molecule has 4 aliphatic rings. The van der Waals surface area contributed by atoms with Gasteiger partial charge in [-0.2, -0.15) is 0 Å². The normalized spacial score (nSPS) is 28.0. The third kappa shape index (κ3) is 3.29. The average Bonchev–Trinajstić information content (AvgIpc) is 3.41. The van der Waals surface area contributed by atoms with Crippen molar-refractivity contribution >= 4 is 17.7 Å². The smallest absolute Gasteiger partial charge is 0.255 e. The molecule has 1 aliphatic carbocycles. The van der Waals surface area contributed by atoms with Gasteiger partial charge in [-0.3, -0.25) is 9.69 Å². The van der Waals surface area contributed by atoms with Gasteiger partial charge in [0.25, 0.3) is 5.91 Å². The zero-order chi connectivity index (χ0) is 15.8. The van der Waals surface area contributed by atoms with E-state index in [-0.39, 0.29) is 5.91 Å². The van der Waals surface area contributed by atoms with Crippen LogP contribution in [0, 0.1) is 11.8 Å². The van der Waals surface area contributed by atoms with E-state index >= 15 is 0 Å². The lowest BCUT2D eigenvalue weighted by atomic mass is 9.95. The first-order valence-corrected chi connectivity index (χ1v) is 10.1. The van der Waals surface area contributed by atoms with Crippen LogP contribution in [0.15, 0.2) is 29.2 Å². The summed E-state index contributed by atoms with van der Waals surface area (Å²) in [6, 6.07) is 8.64. The highest BCUT2D eigenvalue weighted by Gasteiger charge is 2.38. The molecule has 2 bridgehead atoms. The molecule has 3 nitrogen and oxygen atoms in total. The highest BCUT2D eigenvalue weighted by molar-refractivity contribution is 7.98. The minimum absolute atomic E-state index is 0.236. The van der Waals surface area contributed by atoms with Crippen LogP contribution in [-0.4, -0.2) is 54.2 Å². The maximum absolute atomic E-state index is 13.1. The molecule has 4 heteroatoms. The highest BCUT2D eigenvalue weighted by atomic mass is 32.2. The lowest BCUT2D eigenvalue weighted by Gasteiger charge is -2.36. The molecule has 0 aromatic heterocycles. The van der Waals surface area contributed by atoms with Crippen molar-refractivity contribution in [1.29, 1.82) is 0 Å². The molecule has 0 N–H and O–H groups in total. The van der Waals surface area contributed by atoms with Crippen molar-refractivity contribution in [3.63, 3.8) is 0 Å². The molecule has 4 fully saturated rings. The predicted octanol–water partition coefficient (Wildman–Crippen LogP) is 3.35. The quantitative estimate of drug-likeness (QED) is 0.791. The van der Waals surface area contributed by atoms with Crippen LogP contribution >= 0.6 is 11.8 Å². The van der Waals surface area contributed by atoms with Gasteiger partial charge in [0.2, 0.25) is 0 Å². The molecule has 3 aliphatic heterocycles. The van der Waals surface area contributed by atoms with Crippen molar-refractivity contribution in [2.24, 2.45) is 11.8 Å². The van der Waals surface area contributed by atoms with E-state index in [1.807, 2.05) is 18.2 Å². The van der Waals surface area contributed by atoms with Crippen molar-refractivity contribution in [3.8, 4) is 0 Å². The van der Waals surface area contributed by atoms with Crippen LogP contribution in [0.4, 0.5) is 0 Å². The topological polar surface area (TPSA) is 23.6 Å². The van der Waals surface area contributed by atoms with Gasteiger partial charge in [-0.15, -0.1) is 11.8 Å². The first kappa shape index (κ1) is 15.5. The Bertz CT molecular complexity index is 586. The van der Waals surface area contributed by atoms with Crippen LogP contribution in [0.1, 0.15) is 36.0 Å². The van der Waals surface area contributed by atoms with Gasteiger partial charge < -0.3 is 4.90 Å². The van der Waals surface area contributed by atoms with Gasteiger partial charge in [0, 0.05) is 37.1 Å². The Labute approximate surface area is 143 Å². The number of thioether (sulfide) groups is 1. The largest absolute Gasteiger partial charge is 0.337 e. The second kappa shape index (κ2) is 6.48. The van der Waals surface area contributed by atoms with Crippen LogP contribution in [-0.2, 0) is 0 Å². The molecule has 23 heavy (non-hydrogen) atoms. The van der Waals surface area contributed by atoms with Gasteiger partial charge in [-0.25, -0.2) is 0 Å². The Kier molecular flexibility index (Phi) is 4.37. The number of carbonyl (C=O) groups is 1. The molecule has 1 aromatic carbocycles. The molecular formula is C19H26N2OS. The summed E-state index contributed by atoms with van der Waals surface area (Å²) >= 11 is 1.67. The number of benzene rings is 1. The number of rotatable bonds is 4. The summed E-state index contributed by atoms with van der Waals surface area (Å²) in [4.78, 5) is 19.0. The fourth-order valence-electron chi connectivity index (χ4n) is 4.19. The number of piperidine rings is 1. The van der Waals surface area contributed by atoms with Gasteiger partial charge in [0.15, 0.2) is 0 Å². The number of hydrogen-bond donors (Lipinski definition) is 0. The molecule has 1 saturated carbocycles. The van der Waals surface area contributed by atoms with E-state index in [1.165, 1.54) is 38.8 Å². The first-order chi connectivity index (χ1) is 11.2. The summed E-state index contributed by atoms with van der Waals surface area (Å²) in [5.41, 5.74) is 0.884. The second-order valence-corrected chi connectivity index (χ2v) is 8.25. The van der Waals surface area contributed by atoms with E-state index in [1.54, 1.807) is 11.8 Å². The van der Waals surface area contributed by atoms with E-state index in [9.17, 15) is 4.79 Å². The molecule has 0 radical (unpaired) electrons. The molecule has 0 spiro atoms. The Morgan fingerprint density at radius 3 is 2.74 bits per heavy atom. The second-order valence-electron chi connectivity index (χ2n) is 7.40. The Hall–Kier alpha value is -1.00. The third-order valence-corrected chi connectivity index (χ3v) is 6.44. The molecule has 1 amide bonds. The van der Waals surface area contributed by atoms with Gasteiger partial charge in [0.1, 0.15) is 0 Å². The minimum atomic E-state index is 0.236. The summed E-state index contributed by atoms with van der Waals surface area (Å²) in [6.07, 6.45) is 7.44. The van der Waals surface area contributed by atoms with E-state index in [0.29, 0.717) is 12.0 Å². The first-order valence-electron chi connectivity index (χ1n) is 8.91. The standard InChI is InChI=1S/C19H26N2OS/c1-23-18-5-3-2-4-17(18)19(22)21-12-15-8-9-16(13-21)20(11-15)10-14-6-7-14/h2-5,14-16H,6-13H2,1H3/t15-,16-/m1/s1. The van der Waals surface area contributed by atoms with Crippen LogP contribution < -0.4 is 0 Å². The van der Waals surface area contributed by atoms with E-state index < -0.39 is 0 Å². The Morgan fingerprint density at radius 1 is 1.13 bits per heavy atom. The Balaban J connectivity index is 1.52. The molecule has 0 unspecified atom stereocenters. The van der Waals surface area contributed by atoms with Gasteiger partial charge >= 0.3 is 0 Å². The van der Waals surface area contributed by atoms with Gasteiger partial charge in [-0.1, -0.05) is 12.1 Å². The van der Waals surface area contributed by atoms with Crippen LogP contribution in [0.25, 0.3) is 0 Å². The SMILES string of the molecule is CSc1ccccc1C(=O)N1C[C@@H]2CC[C@H](C1)N(CC1CC1)C2. The minimum Gasteiger partial charge on any atom is -0.337 e. The summed E-state index contributed by atoms with van der Waals surface area (Å²) < 4.78 is 0. The number of carbonyl (C=O) groups excluding carboxylic acids is 1. The van der Waals surface area contributed by atoms with Crippen LogP contribution in [0.5, 0.6) is 0 Å². The van der Waals surface area contributed by atoms with Crippen molar-refractivity contribution in [2.75, 3.05) is 32.4 Å². The van der Waals surface area contributed by atoms with Gasteiger partial charge in [-0.05, 0) is 55.9 Å². The maximum Gasteiger partial charge on any atom is 0.255 e. The number of fused-ring (bicyclic) bond motifs is 4. The highest BCUT2D eigenvalue weighted by Crippen LogP contribution is 2.35. The fraction of sp³-hybridized carbons (Fsp3) is 0.632. The zero-order valence-electron chi connectivity index (χ0n) is 13.9. The summed E-state index contributed by atoms with van der Waals surface area (Å²) in [5.74, 6) is 1.84. The lowest BCUT2D eigenvalue weighted by molar-refractivity contribution is 0.0733. The molecule has 3 saturated heterocycles. The molecule has 1 aromatic rings. The molecule has 124 valence electrons. The summed E-state index contributed by atoms with van der Waals surface area (Å²) in [6.45, 7) is 4.34.